The van der Waals surface area contributed by atoms with Crippen molar-refractivity contribution in [1.82, 2.24) is 29.7 Å². The van der Waals surface area contributed by atoms with Crippen LogP contribution in [0, 0.1) is 6.92 Å². The zero-order valence-electron chi connectivity index (χ0n) is 15.8. The smallest absolute Gasteiger partial charge is 0.251 e. The number of nitrogens with zero attached hydrogens (tertiary/aromatic N) is 5. The summed E-state index contributed by atoms with van der Waals surface area (Å²) in [6, 6.07) is 11.4. The second-order valence-electron chi connectivity index (χ2n) is 7.16. The number of carbonyl (C=O) groups excluding carboxylic acids is 1. The van der Waals surface area contributed by atoms with Gasteiger partial charge < -0.3 is 11.1 Å². The van der Waals surface area contributed by atoms with Crippen LogP contribution in [0.1, 0.15) is 28.9 Å². The number of fused-ring (bicyclic) bond motifs is 1. The van der Waals surface area contributed by atoms with Crippen molar-refractivity contribution in [3.8, 4) is 22.8 Å². The second-order valence-corrected chi connectivity index (χ2v) is 7.16. The molecule has 8 heteroatoms. The highest BCUT2D eigenvalue weighted by Crippen LogP contribution is 2.31. The maximum atomic E-state index is 12.5. The fourth-order valence-corrected chi connectivity index (χ4v) is 3.29. The molecule has 29 heavy (non-hydrogen) atoms. The minimum absolute atomic E-state index is 0.0824. The molecule has 0 unspecified atom stereocenters. The Balaban J connectivity index is 1.70. The highest BCUT2D eigenvalue weighted by molar-refractivity contribution is 5.95. The van der Waals surface area contributed by atoms with Gasteiger partial charge in [0.15, 0.2) is 0 Å². The Morgan fingerprint density at radius 2 is 2.00 bits per heavy atom. The summed E-state index contributed by atoms with van der Waals surface area (Å²) >= 11 is 0. The van der Waals surface area contributed by atoms with Gasteiger partial charge in [0.2, 0.25) is 5.95 Å². The number of nitrogens with one attached hydrogen (secondary N) is 1. The van der Waals surface area contributed by atoms with Gasteiger partial charge >= 0.3 is 0 Å². The predicted molar refractivity (Wildman–Crippen MR) is 109 cm³/mol. The number of amides is 1. The van der Waals surface area contributed by atoms with Crippen molar-refractivity contribution >= 4 is 17.5 Å². The molecule has 3 N–H and O–H groups in total. The minimum atomic E-state index is -0.0824. The lowest BCUT2D eigenvalue weighted by molar-refractivity contribution is 0.0951. The summed E-state index contributed by atoms with van der Waals surface area (Å²) in [5.41, 5.74) is 10.7. The third-order valence-corrected chi connectivity index (χ3v) is 4.85. The van der Waals surface area contributed by atoms with Crippen molar-refractivity contribution in [2.24, 2.45) is 0 Å². The lowest BCUT2D eigenvalue weighted by atomic mass is 10.1. The molecule has 0 spiro atoms. The number of pyridine rings is 2. The van der Waals surface area contributed by atoms with Crippen LogP contribution < -0.4 is 11.1 Å². The fraction of sp³-hybridized carbons (Fsp3) is 0.190. The molecule has 144 valence electrons. The molecule has 0 atom stereocenters. The Morgan fingerprint density at radius 3 is 2.76 bits per heavy atom. The standard InChI is InChI=1S/C21H19N7O/c1-12-3-2-4-15(24-12)18-19(16-7-9-23-21(22)26-16)28-10-8-13(11-17(28)27-18)20(29)25-14-5-6-14/h2-4,7-11,14H,5-6H2,1H3,(H,25,29)(H2,22,23,26). The molecule has 8 nitrogen and oxygen atoms in total. The summed E-state index contributed by atoms with van der Waals surface area (Å²) in [7, 11) is 0. The molecule has 4 aromatic heterocycles. The average Bonchev–Trinajstić information content (AvgIpc) is 3.44. The molecular formula is C21H19N7O. The number of imidazole rings is 1. The van der Waals surface area contributed by atoms with Crippen LogP contribution in [-0.4, -0.2) is 36.3 Å². The van der Waals surface area contributed by atoms with Crippen LogP contribution in [-0.2, 0) is 0 Å². The molecule has 4 heterocycles. The van der Waals surface area contributed by atoms with Gasteiger partial charge in [0.25, 0.3) is 5.91 Å². The summed E-state index contributed by atoms with van der Waals surface area (Å²) < 4.78 is 1.90. The van der Waals surface area contributed by atoms with Crippen molar-refractivity contribution < 1.29 is 4.79 Å². The van der Waals surface area contributed by atoms with Gasteiger partial charge in [-0.05, 0) is 50.1 Å². The van der Waals surface area contributed by atoms with E-state index in [-0.39, 0.29) is 11.9 Å². The first-order valence-corrected chi connectivity index (χ1v) is 9.44. The topological polar surface area (TPSA) is 111 Å². The Labute approximate surface area is 166 Å². The minimum Gasteiger partial charge on any atom is -0.368 e. The third kappa shape index (κ3) is 3.29. The number of hydrogen-bond donors (Lipinski definition) is 2. The first-order chi connectivity index (χ1) is 14.1. The Morgan fingerprint density at radius 1 is 1.14 bits per heavy atom. The summed E-state index contributed by atoms with van der Waals surface area (Å²) in [5.74, 6) is 0.0992. The van der Waals surface area contributed by atoms with E-state index >= 15 is 0 Å². The number of nitrogens with two attached hydrogens (primary N) is 1. The van der Waals surface area contributed by atoms with E-state index in [0.29, 0.717) is 28.6 Å². The Hall–Kier alpha value is -3.81. The first kappa shape index (κ1) is 17.3. The van der Waals surface area contributed by atoms with Crippen molar-refractivity contribution in [2.45, 2.75) is 25.8 Å². The van der Waals surface area contributed by atoms with Crippen LogP contribution in [0.3, 0.4) is 0 Å². The number of carbonyl (C=O) groups is 1. The summed E-state index contributed by atoms with van der Waals surface area (Å²) in [6.45, 7) is 1.93. The highest BCUT2D eigenvalue weighted by Gasteiger charge is 2.25. The predicted octanol–water partition coefficient (Wildman–Crippen LogP) is 2.64. The van der Waals surface area contributed by atoms with Crippen LogP contribution in [0.15, 0.2) is 48.8 Å². The lowest BCUT2D eigenvalue weighted by Crippen LogP contribution is -2.25. The zero-order chi connectivity index (χ0) is 20.0. The van der Waals surface area contributed by atoms with Crippen LogP contribution in [0.4, 0.5) is 5.95 Å². The number of anilines is 1. The Kier molecular flexibility index (Phi) is 3.97. The molecule has 0 saturated heterocycles. The SMILES string of the molecule is Cc1cccc(-c2nc3cc(C(=O)NC4CC4)ccn3c2-c2ccnc(N)n2)n1. The maximum Gasteiger partial charge on any atom is 0.251 e. The van der Waals surface area contributed by atoms with Crippen LogP contribution in [0.2, 0.25) is 0 Å². The Bertz CT molecular complexity index is 1240. The third-order valence-electron chi connectivity index (χ3n) is 4.85. The monoisotopic (exact) mass is 385 g/mol. The van der Waals surface area contributed by atoms with E-state index in [2.05, 4.69) is 20.3 Å². The van der Waals surface area contributed by atoms with Crippen LogP contribution in [0.25, 0.3) is 28.4 Å². The number of nitrogen functional groups attached to an aromatic ring is 1. The van der Waals surface area contributed by atoms with Crippen molar-refractivity contribution in [3.05, 3.63) is 60.0 Å². The second kappa shape index (κ2) is 6.66. The quantitative estimate of drug-likeness (QED) is 0.559. The molecule has 4 aromatic rings. The lowest BCUT2D eigenvalue weighted by Gasteiger charge is -2.07. The normalized spacial score (nSPS) is 13.6. The summed E-state index contributed by atoms with van der Waals surface area (Å²) in [4.78, 5) is 30.2. The zero-order valence-corrected chi connectivity index (χ0v) is 15.8. The van der Waals surface area contributed by atoms with Gasteiger partial charge in [0.05, 0.1) is 11.4 Å². The largest absolute Gasteiger partial charge is 0.368 e. The first-order valence-electron chi connectivity index (χ1n) is 9.44. The molecule has 0 aliphatic heterocycles. The molecular weight excluding hydrogens is 366 g/mol. The molecule has 5 rings (SSSR count). The van der Waals surface area contributed by atoms with E-state index in [1.54, 1.807) is 24.4 Å². The van der Waals surface area contributed by atoms with Crippen LogP contribution >= 0.6 is 0 Å². The van der Waals surface area contributed by atoms with E-state index in [0.717, 1.165) is 29.9 Å². The molecule has 1 amide bonds. The van der Waals surface area contributed by atoms with Gasteiger partial charge in [-0.3, -0.25) is 14.2 Å². The van der Waals surface area contributed by atoms with Gasteiger partial charge in [0.1, 0.15) is 17.0 Å². The van der Waals surface area contributed by atoms with Gasteiger partial charge in [0, 0.05) is 29.7 Å². The van der Waals surface area contributed by atoms with Crippen molar-refractivity contribution in [2.75, 3.05) is 5.73 Å². The van der Waals surface area contributed by atoms with E-state index in [1.165, 1.54) is 0 Å². The highest BCUT2D eigenvalue weighted by atomic mass is 16.1. The van der Waals surface area contributed by atoms with Crippen molar-refractivity contribution in [3.63, 3.8) is 0 Å². The van der Waals surface area contributed by atoms with Crippen molar-refractivity contribution in [1.29, 1.82) is 0 Å². The molecule has 1 saturated carbocycles. The van der Waals surface area contributed by atoms with E-state index < -0.39 is 0 Å². The molecule has 1 aliphatic rings. The number of rotatable bonds is 4. The average molecular weight is 385 g/mol. The molecule has 0 bridgehead atoms. The van der Waals surface area contributed by atoms with Gasteiger partial charge in [-0.25, -0.2) is 15.0 Å². The molecule has 0 aromatic carbocycles. The van der Waals surface area contributed by atoms with Gasteiger partial charge in [-0.15, -0.1) is 0 Å². The van der Waals surface area contributed by atoms with Gasteiger partial charge in [-0.1, -0.05) is 6.07 Å². The summed E-state index contributed by atoms with van der Waals surface area (Å²) in [5, 5.41) is 3.01. The molecule has 1 fully saturated rings. The number of hydrogen-bond acceptors (Lipinski definition) is 6. The maximum absolute atomic E-state index is 12.5. The number of aromatic nitrogens is 5. The van der Waals surface area contributed by atoms with Crippen LogP contribution in [0.5, 0.6) is 0 Å². The molecule has 0 radical (unpaired) electrons. The number of aryl methyl sites for hydroxylation is 1. The van der Waals surface area contributed by atoms with E-state index in [4.69, 9.17) is 10.7 Å². The van der Waals surface area contributed by atoms with E-state index in [9.17, 15) is 4.79 Å². The van der Waals surface area contributed by atoms with Gasteiger partial charge in [-0.2, -0.15) is 0 Å². The summed E-state index contributed by atoms with van der Waals surface area (Å²) in [6.07, 6.45) is 5.53. The fourth-order valence-electron chi connectivity index (χ4n) is 3.29. The molecule has 1 aliphatic carbocycles. The van der Waals surface area contributed by atoms with E-state index in [1.807, 2.05) is 35.7 Å².